The predicted molar refractivity (Wildman–Crippen MR) is 72.8 cm³/mol. The van der Waals surface area contributed by atoms with Crippen LogP contribution in [-0.2, 0) is 4.79 Å². The smallest absolute Gasteiger partial charge is 0.222 e. The van der Waals surface area contributed by atoms with Crippen LogP contribution in [0.4, 0.5) is 4.39 Å². The first-order chi connectivity index (χ1) is 9.56. The fourth-order valence-electron chi connectivity index (χ4n) is 3.30. The van der Waals surface area contributed by atoms with E-state index in [0.29, 0.717) is 12.0 Å². The second-order valence-corrected chi connectivity index (χ2v) is 5.65. The number of rotatable bonds is 2. The highest BCUT2D eigenvalue weighted by Gasteiger charge is 2.37. The van der Waals surface area contributed by atoms with E-state index in [1.807, 2.05) is 11.8 Å². The molecule has 2 aliphatic rings. The Hall–Kier alpha value is -1.62. The molecule has 1 aromatic carbocycles. The number of benzene rings is 1. The van der Waals surface area contributed by atoms with Crippen LogP contribution in [0, 0.1) is 5.82 Å². The molecule has 2 atom stereocenters. The molecule has 2 unspecified atom stereocenters. The van der Waals surface area contributed by atoms with E-state index < -0.39 is 0 Å². The van der Waals surface area contributed by atoms with Gasteiger partial charge in [-0.3, -0.25) is 9.69 Å². The predicted octanol–water partition coefficient (Wildman–Crippen LogP) is 1.90. The quantitative estimate of drug-likeness (QED) is 0.898. The Morgan fingerprint density at radius 3 is 3.00 bits per heavy atom. The summed E-state index contributed by atoms with van der Waals surface area (Å²) in [7, 11) is 0. The van der Waals surface area contributed by atoms with Crippen LogP contribution in [0.1, 0.15) is 31.4 Å². The Labute approximate surface area is 117 Å². The number of amides is 1. The minimum atomic E-state index is -0.334. The highest BCUT2D eigenvalue weighted by atomic mass is 19.1. The molecule has 4 nitrogen and oxygen atoms in total. The lowest BCUT2D eigenvalue weighted by molar-refractivity contribution is -0.131. The van der Waals surface area contributed by atoms with E-state index in [0.717, 1.165) is 26.1 Å². The van der Waals surface area contributed by atoms with E-state index in [4.69, 9.17) is 0 Å². The zero-order valence-electron chi connectivity index (χ0n) is 11.6. The van der Waals surface area contributed by atoms with Gasteiger partial charge in [0, 0.05) is 43.7 Å². The van der Waals surface area contributed by atoms with Gasteiger partial charge in [-0.2, -0.15) is 0 Å². The number of hydrogen-bond donors (Lipinski definition) is 1. The summed E-state index contributed by atoms with van der Waals surface area (Å²) in [6.07, 6.45) is 1.54. The summed E-state index contributed by atoms with van der Waals surface area (Å²) in [6, 6.07) is 4.28. The lowest BCUT2D eigenvalue weighted by atomic mass is 10.0. The van der Waals surface area contributed by atoms with Gasteiger partial charge in [-0.05, 0) is 31.5 Å². The lowest BCUT2D eigenvalue weighted by Gasteiger charge is -2.40. The van der Waals surface area contributed by atoms with E-state index in [9.17, 15) is 14.3 Å². The van der Waals surface area contributed by atoms with E-state index in [-0.39, 0.29) is 29.6 Å². The SMILES string of the molecule is CC(c1cc(F)ccc1O)N1CCN2C(=O)CCC2C1. The summed E-state index contributed by atoms with van der Waals surface area (Å²) in [5, 5.41) is 9.91. The monoisotopic (exact) mass is 278 g/mol. The van der Waals surface area contributed by atoms with E-state index >= 15 is 0 Å². The zero-order chi connectivity index (χ0) is 14.3. The molecular formula is C15H19FN2O2. The van der Waals surface area contributed by atoms with E-state index in [1.165, 1.54) is 18.2 Å². The molecule has 2 saturated heterocycles. The van der Waals surface area contributed by atoms with Gasteiger partial charge in [-0.25, -0.2) is 4.39 Å². The highest BCUT2D eigenvalue weighted by Crippen LogP contribution is 2.32. The molecule has 20 heavy (non-hydrogen) atoms. The van der Waals surface area contributed by atoms with Gasteiger partial charge in [0.1, 0.15) is 11.6 Å². The van der Waals surface area contributed by atoms with Crippen LogP contribution in [0.15, 0.2) is 18.2 Å². The molecule has 0 spiro atoms. The number of aromatic hydroxyl groups is 1. The van der Waals surface area contributed by atoms with Crippen molar-refractivity contribution in [3.63, 3.8) is 0 Å². The maximum absolute atomic E-state index is 13.4. The van der Waals surface area contributed by atoms with Crippen molar-refractivity contribution >= 4 is 5.91 Å². The number of hydrogen-bond acceptors (Lipinski definition) is 3. The van der Waals surface area contributed by atoms with Crippen molar-refractivity contribution in [2.45, 2.75) is 31.8 Å². The topological polar surface area (TPSA) is 43.8 Å². The fourth-order valence-corrected chi connectivity index (χ4v) is 3.30. The summed E-state index contributed by atoms with van der Waals surface area (Å²) < 4.78 is 13.4. The van der Waals surface area contributed by atoms with Crippen LogP contribution in [-0.4, -0.2) is 46.5 Å². The minimum absolute atomic E-state index is 0.0523. The average Bonchev–Trinajstić information content (AvgIpc) is 2.82. The third-order valence-corrected chi connectivity index (χ3v) is 4.51. The molecule has 0 aromatic heterocycles. The first kappa shape index (κ1) is 13.4. The van der Waals surface area contributed by atoms with Crippen molar-refractivity contribution in [1.82, 2.24) is 9.80 Å². The third-order valence-electron chi connectivity index (χ3n) is 4.51. The highest BCUT2D eigenvalue weighted by molar-refractivity contribution is 5.78. The zero-order valence-corrected chi connectivity index (χ0v) is 11.6. The van der Waals surface area contributed by atoms with Gasteiger partial charge in [-0.15, -0.1) is 0 Å². The number of carbonyl (C=O) groups is 1. The van der Waals surface area contributed by atoms with Crippen LogP contribution >= 0.6 is 0 Å². The Kier molecular flexibility index (Phi) is 3.38. The van der Waals surface area contributed by atoms with Gasteiger partial charge in [0.15, 0.2) is 0 Å². The second kappa shape index (κ2) is 5.05. The minimum Gasteiger partial charge on any atom is -0.508 e. The summed E-state index contributed by atoms with van der Waals surface area (Å²) in [5.41, 5.74) is 0.614. The molecule has 1 aromatic rings. The number of phenols is 1. The maximum Gasteiger partial charge on any atom is 0.222 e. The van der Waals surface area contributed by atoms with Crippen LogP contribution in [0.5, 0.6) is 5.75 Å². The van der Waals surface area contributed by atoms with Crippen LogP contribution in [0.2, 0.25) is 0 Å². The molecule has 0 aliphatic carbocycles. The van der Waals surface area contributed by atoms with Crippen LogP contribution < -0.4 is 0 Å². The normalized spacial score (nSPS) is 24.8. The van der Waals surface area contributed by atoms with Crippen molar-refractivity contribution in [1.29, 1.82) is 0 Å². The van der Waals surface area contributed by atoms with E-state index in [1.54, 1.807) is 0 Å². The molecule has 108 valence electrons. The maximum atomic E-state index is 13.4. The Morgan fingerprint density at radius 1 is 1.40 bits per heavy atom. The number of fused-ring (bicyclic) bond motifs is 1. The Morgan fingerprint density at radius 2 is 2.20 bits per heavy atom. The first-order valence-electron chi connectivity index (χ1n) is 7.08. The number of halogens is 1. The van der Waals surface area contributed by atoms with Gasteiger partial charge in [0.25, 0.3) is 0 Å². The summed E-state index contributed by atoms with van der Waals surface area (Å²) >= 11 is 0. The Balaban J connectivity index is 1.76. The number of phenolic OH excluding ortho intramolecular Hbond substituents is 1. The first-order valence-corrected chi connectivity index (χ1v) is 7.08. The molecule has 5 heteroatoms. The molecule has 0 saturated carbocycles. The average molecular weight is 278 g/mol. The van der Waals surface area contributed by atoms with Gasteiger partial charge in [0.05, 0.1) is 0 Å². The van der Waals surface area contributed by atoms with Crippen LogP contribution in [0.3, 0.4) is 0 Å². The molecule has 1 N–H and O–H groups in total. The number of nitrogens with zero attached hydrogens (tertiary/aromatic N) is 2. The molecule has 3 rings (SSSR count). The van der Waals surface area contributed by atoms with Crippen molar-refractivity contribution < 1.29 is 14.3 Å². The second-order valence-electron chi connectivity index (χ2n) is 5.65. The standard InChI is InChI=1S/C15H19FN2O2/c1-10(13-8-11(16)2-4-14(13)19)17-6-7-18-12(9-17)3-5-15(18)20/h2,4,8,10,12,19H,3,5-7,9H2,1H3. The molecule has 2 heterocycles. The van der Waals surface area contributed by atoms with Crippen molar-refractivity contribution in [2.75, 3.05) is 19.6 Å². The summed E-state index contributed by atoms with van der Waals surface area (Å²) in [6.45, 7) is 4.26. The molecule has 0 bridgehead atoms. The fraction of sp³-hybridized carbons (Fsp3) is 0.533. The number of piperazine rings is 1. The van der Waals surface area contributed by atoms with Gasteiger partial charge < -0.3 is 10.0 Å². The number of carbonyl (C=O) groups excluding carboxylic acids is 1. The molecule has 0 radical (unpaired) electrons. The van der Waals surface area contributed by atoms with Gasteiger partial charge >= 0.3 is 0 Å². The summed E-state index contributed by atoms with van der Waals surface area (Å²) in [4.78, 5) is 15.8. The molecule has 1 amide bonds. The van der Waals surface area contributed by atoms with Crippen molar-refractivity contribution in [2.24, 2.45) is 0 Å². The van der Waals surface area contributed by atoms with E-state index in [2.05, 4.69) is 4.90 Å². The van der Waals surface area contributed by atoms with Crippen LogP contribution in [0.25, 0.3) is 0 Å². The Bertz CT molecular complexity index is 535. The molecule has 2 fully saturated rings. The van der Waals surface area contributed by atoms with Crippen molar-refractivity contribution in [3.05, 3.63) is 29.6 Å². The van der Waals surface area contributed by atoms with Gasteiger partial charge in [0.2, 0.25) is 5.91 Å². The summed E-state index contributed by atoms with van der Waals surface area (Å²) in [5.74, 6) is 0.0408. The molecular weight excluding hydrogens is 259 g/mol. The van der Waals surface area contributed by atoms with Crippen molar-refractivity contribution in [3.8, 4) is 5.75 Å². The lowest BCUT2D eigenvalue weighted by Crippen LogP contribution is -2.51. The largest absolute Gasteiger partial charge is 0.508 e. The molecule has 2 aliphatic heterocycles. The third kappa shape index (κ3) is 2.26. The van der Waals surface area contributed by atoms with Gasteiger partial charge in [-0.1, -0.05) is 0 Å².